The van der Waals surface area contributed by atoms with Crippen LogP contribution in [0, 0.1) is 0 Å². The van der Waals surface area contributed by atoms with Crippen LogP contribution in [0.25, 0.3) is 0 Å². The fraction of sp³-hybridized carbons (Fsp3) is 0.400. The molecule has 1 rings (SSSR count). The second-order valence-electron chi connectivity index (χ2n) is 3.20. The van der Waals surface area contributed by atoms with E-state index in [9.17, 15) is 5.11 Å². The molecule has 0 aliphatic heterocycles. The Bertz CT molecular complexity index is 319. The van der Waals surface area contributed by atoms with Gasteiger partial charge in [0, 0.05) is 10.6 Å². The number of ether oxygens (including phenoxy) is 1. The minimum absolute atomic E-state index is 0.451. The van der Waals surface area contributed by atoms with Crippen LogP contribution in [-0.2, 0) is 4.74 Å². The summed E-state index contributed by atoms with van der Waals surface area (Å²) in [7, 11) is 0. The van der Waals surface area contributed by atoms with E-state index in [0.717, 1.165) is 0 Å². The highest BCUT2D eigenvalue weighted by molar-refractivity contribution is 6.31. The number of aliphatic hydroxyl groups is 2. The Morgan fingerprint density at radius 3 is 2.47 bits per heavy atom. The second-order valence-corrected chi connectivity index (χ2v) is 3.61. The van der Waals surface area contributed by atoms with Crippen molar-refractivity contribution in [1.82, 2.24) is 0 Å². The molecule has 1 aromatic carbocycles. The Kier molecular flexibility index (Phi) is 4.50. The molecule has 0 spiro atoms. The fourth-order valence-electron chi connectivity index (χ4n) is 1.26. The lowest BCUT2D eigenvalue weighted by Crippen LogP contribution is -2.31. The zero-order valence-electron chi connectivity index (χ0n) is 8.30. The lowest BCUT2D eigenvalue weighted by Gasteiger charge is -2.21. The van der Waals surface area contributed by atoms with Crippen LogP contribution in [0.5, 0.6) is 0 Å². The molecule has 0 bridgehead atoms. The highest BCUT2D eigenvalue weighted by atomic mass is 35.5. The molecule has 0 aromatic heterocycles. The number of halogens is 1. The van der Waals surface area contributed by atoms with Gasteiger partial charge in [0.2, 0.25) is 6.41 Å². The van der Waals surface area contributed by atoms with Crippen LogP contribution in [0.3, 0.4) is 0 Å². The lowest BCUT2D eigenvalue weighted by molar-refractivity contribution is -0.156. The normalized spacial score (nSPS) is 17.1. The SMILES string of the molecule is CC(OC(N)O)C(O)c1ccccc1Cl. The van der Waals surface area contributed by atoms with E-state index in [1.54, 1.807) is 31.2 Å². The van der Waals surface area contributed by atoms with Crippen molar-refractivity contribution in [3.8, 4) is 0 Å². The van der Waals surface area contributed by atoms with Gasteiger partial charge in [-0.25, -0.2) is 0 Å². The Labute approximate surface area is 93.2 Å². The molecule has 0 radical (unpaired) electrons. The van der Waals surface area contributed by atoms with Gasteiger partial charge < -0.3 is 14.9 Å². The highest BCUT2D eigenvalue weighted by Crippen LogP contribution is 2.26. The van der Waals surface area contributed by atoms with Crippen molar-refractivity contribution in [2.24, 2.45) is 5.73 Å². The Morgan fingerprint density at radius 1 is 1.33 bits per heavy atom. The largest absolute Gasteiger partial charge is 0.386 e. The third-order valence-electron chi connectivity index (χ3n) is 2.02. The highest BCUT2D eigenvalue weighted by Gasteiger charge is 2.20. The van der Waals surface area contributed by atoms with E-state index >= 15 is 0 Å². The molecule has 3 atom stereocenters. The molecule has 0 aliphatic carbocycles. The molecule has 3 unspecified atom stereocenters. The summed E-state index contributed by atoms with van der Waals surface area (Å²) in [6.45, 7) is 1.60. The average Bonchev–Trinajstić information content (AvgIpc) is 2.16. The Balaban J connectivity index is 2.76. The van der Waals surface area contributed by atoms with E-state index in [1.165, 1.54) is 0 Å². The number of benzene rings is 1. The van der Waals surface area contributed by atoms with Crippen molar-refractivity contribution < 1.29 is 14.9 Å². The summed E-state index contributed by atoms with van der Waals surface area (Å²) >= 11 is 5.89. The Hall–Kier alpha value is -0.650. The van der Waals surface area contributed by atoms with E-state index in [2.05, 4.69) is 0 Å². The van der Waals surface area contributed by atoms with Gasteiger partial charge in [0.1, 0.15) is 6.10 Å². The lowest BCUT2D eigenvalue weighted by atomic mass is 10.1. The Morgan fingerprint density at radius 2 is 1.93 bits per heavy atom. The number of nitrogens with two attached hydrogens (primary N) is 1. The first kappa shape index (κ1) is 12.4. The number of hydrogen-bond donors (Lipinski definition) is 3. The zero-order chi connectivity index (χ0) is 11.4. The maximum Gasteiger partial charge on any atom is 0.211 e. The van der Waals surface area contributed by atoms with E-state index in [-0.39, 0.29) is 0 Å². The second kappa shape index (κ2) is 5.44. The quantitative estimate of drug-likeness (QED) is 0.676. The van der Waals surface area contributed by atoms with E-state index < -0.39 is 18.6 Å². The van der Waals surface area contributed by atoms with Gasteiger partial charge in [0.25, 0.3) is 0 Å². The van der Waals surface area contributed by atoms with Gasteiger partial charge in [0.15, 0.2) is 0 Å². The van der Waals surface area contributed by atoms with Crippen molar-refractivity contribution in [1.29, 1.82) is 0 Å². The molecule has 0 fully saturated rings. The average molecular weight is 232 g/mol. The van der Waals surface area contributed by atoms with Gasteiger partial charge in [-0.15, -0.1) is 0 Å². The summed E-state index contributed by atoms with van der Waals surface area (Å²) in [5.74, 6) is 0. The third kappa shape index (κ3) is 3.44. The maximum atomic E-state index is 9.84. The number of aliphatic hydroxyl groups excluding tert-OH is 2. The molecule has 84 valence electrons. The van der Waals surface area contributed by atoms with Crippen LogP contribution in [0.15, 0.2) is 24.3 Å². The zero-order valence-corrected chi connectivity index (χ0v) is 9.06. The summed E-state index contributed by atoms with van der Waals surface area (Å²) in [5, 5.41) is 19.1. The maximum absolute atomic E-state index is 9.84. The molecule has 0 saturated carbocycles. The van der Waals surface area contributed by atoms with Crippen molar-refractivity contribution >= 4 is 11.6 Å². The molecule has 5 heteroatoms. The first-order valence-electron chi connectivity index (χ1n) is 4.54. The van der Waals surface area contributed by atoms with Gasteiger partial charge in [0.05, 0.1) is 6.10 Å². The third-order valence-corrected chi connectivity index (χ3v) is 2.37. The number of rotatable bonds is 4. The van der Waals surface area contributed by atoms with Crippen LogP contribution < -0.4 is 5.73 Å². The molecule has 4 N–H and O–H groups in total. The van der Waals surface area contributed by atoms with Gasteiger partial charge in [-0.05, 0) is 13.0 Å². The van der Waals surface area contributed by atoms with Gasteiger partial charge in [-0.3, -0.25) is 5.73 Å². The molecule has 0 saturated heterocycles. The first-order chi connectivity index (χ1) is 7.02. The predicted molar refractivity (Wildman–Crippen MR) is 57.2 cm³/mol. The first-order valence-corrected chi connectivity index (χ1v) is 4.91. The number of hydrogen-bond acceptors (Lipinski definition) is 4. The summed E-state index contributed by atoms with van der Waals surface area (Å²) in [6.07, 6.45) is -2.96. The van der Waals surface area contributed by atoms with E-state index in [4.69, 9.17) is 27.2 Å². The molecular formula is C10H14ClNO3. The van der Waals surface area contributed by atoms with Crippen LogP contribution >= 0.6 is 11.6 Å². The van der Waals surface area contributed by atoms with Crippen LogP contribution in [-0.4, -0.2) is 22.7 Å². The molecule has 4 nitrogen and oxygen atoms in total. The molecule has 0 aliphatic rings. The van der Waals surface area contributed by atoms with E-state index in [0.29, 0.717) is 10.6 Å². The van der Waals surface area contributed by atoms with Crippen LogP contribution in [0.1, 0.15) is 18.6 Å². The summed E-state index contributed by atoms with van der Waals surface area (Å²) in [6, 6.07) is 6.89. The van der Waals surface area contributed by atoms with E-state index in [1.807, 2.05) is 0 Å². The van der Waals surface area contributed by atoms with Crippen molar-refractivity contribution in [2.75, 3.05) is 0 Å². The molecule has 0 amide bonds. The summed E-state index contributed by atoms with van der Waals surface area (Å²) < 4.78 is 4.85. The predicted octanol–water partition coefficient (Wildman–Crippen LogP) is 1.01. The molecule has 1 aromatic rings. The minimum Gasteiger partial charge on any atom is -0.386 e. The van der Waals surface area contributed by atoms with Gasteiger partial charge >= 0.3 is 0 Å². The van der Waals surface area contributed by atoms with Crippen molar-refractivity contribution in [3.05, 3.63) is 34.9 Å². The van der Waals surface area contributed by atoms with Gasteiger partial charge in [-0.1, -0.05) is 29.8 Å². The minimum atomic E-state index is -1.41. The van der Waals surface area contributed by atoms with Gasteiger partial charge in [-0.2, -0.15) is 0 Å². The standard InChI is InChI=1S/C10H14ClNO3/c1-6(15-10(12)14)9(13)7-4-2-3-5-8(7)11/h2-6,9-10,13-14H,12H2,1H3. The van der Waals surface area contributed by atoms with Crippen LogP contribution in [0.2, 0.25) is 5.02 Å². The fourth-order valence-corrected chi connectivity index (χ4v) is 1.51. The topological polar surface area (TPSA) is 75.7 Å². The summed E-state index contributed by atoms with van der Waals surface area (Å²) in [4.78, 5) is 0. The molecular weight excluding hydrogens is 218 g/mol. The van der Waals surface area contributed by atoms with Crippen molar-refractivity contribution in [3.63, 3.8) is 0 Å². The monoisotopic (exact) mass is 231 g/mol. The molecule has 15 heavy (non-hydrogen) atoms. The smallest absolute Gasteiger partial charge is 0.211 e. The summed E-state index contributed by atoms with van der Waals surface area (Å²) in [5.41, 5.74) is 5.58. The van der Waals surface area contributed by atoms with Crippen LogP contribution in [0.4, 0.5) is 0 Å². The molecule has 0 heterocycles. The van der Waals surface area contributed by atoms with Crippen molar-refractivity contribution in [2.45, 2.75) is 25.5 Å².